The predicted molar refractivity (Wildman–Crippen MR) is 78.0 cm³/mol. The Labute approximate surface area is 121 Å². The fourth-order valence-electron chi connectivity index (χ4n) is 2.64. The van der Waals surface area contributed by atoms with E-state index in [-0.39, 0.29) is 11.9 Å². The van der Waals surface area contributed by atoms with E-state index in [0.29, 0.717) is 0 Å². The van der Waals surface area contributed by atoms with Crippen molar-refractivity contribution in [2.24, 2.45) is 0 Å². The lowest BCUT2D eigenvalue weighted by Crippen LogP contribution is -2.40. The first kappa shape index (κ1) is 12.5. The van der Waals surface area contributed by atoms with E-state index >= 15 is 0 Å². The molecule has 2 aromatic rings. The van der Waals surface area contributed by atoms with Gasteiger partial charge in [0.05, 0.1) is 6.04 Å². The molecule has 0 fully saturated rings. The molecule has 3 nitrogen and oxygen atoms in total. The SMILES string of the molecule is CC1c2cccn2CCN1C(=O)c1cccc(Br)c1. The standard InChI is InChI=1S/C15H15BrN2O/c1-11-14-6-3-7-17(14)8-9-18(11)15(19)12-4-2-5-13(16)10-12/h2-7,10-11H,8-9H2,1H3. The summed E-state index contributed by atoms with van der Waals surface area (Å²) in [5.41, 5.74) is 1.94. The number of carbonyl (C=O) groups excluding carboxylic acids is 1. The zero-order chi connectivity index (χ0) is 13.4. The Kier molecular flexibility index (Phi) is 3.19. The van der Waals surface area contributed by atoms with E-state index in [0.717, 1.165) is 23.1 Å². The number of amides is 1. The lowest BCUT2D eigenvalue weighted by Gasteiger charge is -2.35. The van der Waals surface area contributed by atoms with Crippen molar-refractivity contribution in [1.29, 1.82) is 0 Å². The van der Waals surface area contributed by atoms with Gasteiger partial charge < -0.3 is 9.47 Å². The lowest BCUT2D eigenvalue weighted by atomic mass is 10.1. The molecule has 0 bridgehead atoms. The maximum atomic E-state index is 12.6. The number of hydrogen-bond donors (Lipinski definition) is 0. The van der Waals surface area contributed by atoms with Crippen molar-refractivity contribution in [3.63, 3.8) is 0 Å². The Balaban J connectivity index is 1.90. The van der Waals surface area contributed by atoms with Crippen LogP contribution >= 0.6 is 15.9 Å². The minimum Gasteiger partial charge on any atom is -0.348 e. The number of fused-ring (bicyclic) bond motifs is 1. The molecule has 1 atom stereocenters. The maximum Gasteiger partial charge on any atom is 0.254 e. The molecule has 0 saturated carbocycles. The van der Waals surface area contributed by atoms with Gasteiger partial charge in [-0.3, -0.25) is 4.79 Å². The highest BCUT2D eigenvalue weighted by Gasteiger charge is 2.27. The Morgan fingerprint density at radius 3 is 2.89 bits per heavy atom. The summed E-state index contributed by atoms with van der Waals surface area (Å²) in [4.78, 5) is 14.5. The maximum absolute atomic E-state index is 12.6. The highest BCUT2D eigenvalue weighted by Crippen LogP contribution is 2.27. The van der Waals surface area contributed by atoms with Crippen LogP contribution in [0, 0.1) is 0 Å². The first-order valence-electron chi connectivity index (χ1n) is 6.38. The fraction of sp³-hybridized carbons (Fsp3) is 0.267. The predicted octanol–water partition coefficient (Wildman–Crippen LogP) is 3.47. The second-order valence-electron chi connectivity index (χ2n) is 4.81. The third-order valence-electron chi connectivity index (χ3n) is 3.67. The monoisotopic (exact) mass is 318 g/mol. The molecule has 1 unspecified atom stereocenters. The van der Waals surface area contributed by atoms with Crippen LogP contribution in [0.4, 0.5) is 0 Å². The highest BCUT2D eigenvalue weighted by molar-refractivity contribution is 9.10. The van der Waals surface area contributed by atoms with Crippen LogP contribution in [0.2, 0.25) is 0 Å². The van der Waals surface area contributed by atoms with Crippen molar-refractivity contribution in [3.8, 4) is 0 Å². The number of benzene rings is 1. The number of aromatic nitrogens is 1. The van der Waals surface area contributed by atoms with Crippen LogP contribution in [0.3, 0.4) is 0 Å². The molecular formula is C15H15BrN2O. The van der Waals surface area contributed by atoms with Crippen LogP contribution in [0.25, 0.3) is 0 Å². The van der Waals surface area contributed by atoms with E-state index in [4.69, 9.17) is 0 Å². The Morgan fingerprint density at radius 1 is 1.26 bits per heavy atom. The summed E-state index contributed by atoms with van der Waals surface area (Å²) in [5.74, 6) is 0.0984. The van der Waals surface area contributed by atoms with Gasteiger partial charge in [-0.05, 0) is 37.3 Å². The van der Waals surface area contributed by atoms with Crippen molar-refractivity contribution in [3.05, 3.63) is 58.3 Å². The van der Waals surface area contributed by atoms with Gasteiger partial charge in [-0.15, -0.1) is 0 Å². The largest absolute Gasteiger partial charge is 0.348 e. The van der Waals surface area contributed by atoms with Crippen molar-refractivity contribution in [2.75, 3.05) is 6.54 Å². The quantitative estimate of drug-likeness (QED) is 0.790. The molecule has 1 amide bonds. The third-order valence-corrected chi connectivity index (χ3v) is 4.17. The molecule has 1 aliphatic rings. The summed E-state index contributed by atoms with van der Waals surface area (Å²) in [7, 11) is 0. The minimum atomic E-state index is 0.0984. The molecule has 0 aliphatic carbocycles. The number of nitrogens with zero attached hydrogens (tertiary/aromatic N) is 2. The van der Waals surface area contributed by atoms with Crippen LogP contribution in [-0.2, 0) is 6.54 Å². The zero-order valence-electron chi connectivity index (χ0n) is 10.7. The first-order valence-corrected chi connectivity index (χ1v) is 7.17. The summed E-state index contributed by atoms with van der Waals surface area (Å²) in [6.45, 7) is 3.71. The van der Waals surface area contributed by atoms with E-state index in [1.165, 1.54) is 5.69 Å². The third kappa shape index (κ3) is 2.21. The summed E-state index contributed by atoms with van der Waals surface area (Å²) < 4.78 is 3.15. The van der Waals surface area contributed by atoms with Crippen LogP contribution in [0.5, 0.6) is 0 Å². The molecule has 0 spiro atoms. The van der Waals surface area contributed by atoms with Crippen molar-refractivity contribution < 1.29 is 4.79 Å². The van der Waals surface area contributed by atoms with E-state index < -0.39 is 0 Å². The normalized spacial score (nSPS) is 18.2. The smallest absolute Gasteiger partial charge is 0.254 e. The molecule has 3 rings (SSSR count). The average Bonchev–Trinajstić information content (AvgIpc) is 2.88. The van der Waals surface area contributed by atoms with Gasteiger partial charge in [0.15, 0.2) is 0 Å². The van der Waals surface area contributed by atoms with Gasteiger partial charge in [0.25, 0.3) is 5.91 Å². The molecule has 19 heavy (non-hydrogen) atoms. The molecule has 0 saturated heterocycles. The summed E-state index contributed by atoms with van der Waals surface area (Å²) in [5, 5.41) is 0. The van der Waals surface area contributed by atoms with E-state index in [2.05, 4.69) is 39.7 Å². The second kappa shape index (κ2) is 4.85. The van der Waals surface area contributed by atoms with E-state index in [1.54, 1.807) is 0 Å². The second-order valence-corrected chi connectivity index (χ2v) is 5.73. The van der Waals surface area contributed by atoms with Crippen molar-refractivity contribution in [1.82, 2.24) is 9.47 Å². The molecule has 0 N–H and O–H groups in total. The van der Waals surface area contributed by atoms with Crippen LogP contribution in [0.15, 0.2) is 47.1 Å². The van der Waals surface area contributed by atoms with Crippen molar-refractivity contribution in [2.45, 2.75) is 19.5 Å². The van der Waals surface area contributed by atoms with Crippen molar-refractivity contribution >= 4 is 21.8 Å². The topological polar surface area (TPSA) is 25.2 Å². The summed E-state index contributed by atoms with van der Waals surface area (Å²) >= 11 is 3.41. The number of carbonyl (C=O) groups is 1. The number of rotatable bonds is 1. The van der Waals surface area contributed by atoms with Gasteiger partial charge in [-0.1, -0.05) is 22.0 Å². The molecule has 1 aromatic carbocycles. The van der Waals surface area contributed by atoms with E-state index in [1.807, 2.05) is 35.2 Å². The summed E-state index contributed by atoms with van der Waals surface area (Å²) in [6.07, 6.45) is 2.08. The van der Waals surface area contributed by atoms with Gasteiger partial charge in [0.2, 0.25) is 0 Å². The Hall–Kier alpha value is -1.55. The van der Waals surface area contributed by atoms with Gasteiger partial charge in [-0.2, -0.15) is 0 Å². The van der Waals surface area contributed by atoms with Gasteiger partial charge in [0, 0.05) is 35.0 Å². The van der Waals surface area contributed by atoms with E-state index in [9.17, 15) is 4.79 Å². The highest BCUT2D eigenvalue weighted by atomic mass is 79.9. The number of hydrogen-bond acceptors (Lipinski definition) is 1. The summed E-state index contributed by atoms with van der Waals surface area (Å²) in [6, 6.07) is 11.8. The van der Waals surface area contributed by atoms with Gasteiger partial charge >= 0.3 is 0 Å². The van der Waals surface area contributed by atoms with Crippen LogP contribution < -0.4 is 0 Å². The number of halogens is 1. The lowest BCUT2D eigenvalue weighted by molar-refractivity contribution is 0.0644. The molecule has 0 radical (unpaired) electrons. The molecule has 4 heteroatoms. The molecular weight excluding hydrogens is 304 g/mol. The van der Waals surface area contributed by atoms with Gasteiger partial charge in [0.1, 0.15) is 0 Å². The van der Waals surface area contributed by atoms with Gasteiger partial charge in [-0.25, -0.2) is 0 Å². The Bertz CT molecular complexity index is 620. The first-order chi connectivity index (χ1) is 9.16. The molecule has 98 valence electrons. The zero-order valence-corrected chi connectivity index (χ0v) is 12.3. The van der Waals surface area contributed by atoms with Crippen LogP contribution in [0.1, 0.15) is 29.0 Å². The fourth-order valence-corrected chi connectivity index (χ4v) is 3.04. The molecule has 1 aromatic heterocycles. The van der Waals surface area contributed by atoms with Crippen LogP contribution in [-0.4, -0.2) is 21.9 Å². The molecule has 1 aliphatic heterocycles. The average molecular weight is 319 g/mol. The molecule has 2 heterocycles. The minimum absolute atomic E-state index is 0.0984. The Morgan fingerprint density at radius 2 is 2.11 bits per heavy atom.